The van der Waals surface area contributed by atoms with E-state index in [2.05, 4.69) is 0 Å². The Morgan fingerprint density at radius 1 is 1.30 bits per heavy atom. The maximum atomic E-state index is 12.1. The predicted molar refractivity (Wildman–Crippen MR) is 71.0 cm³/mol. The minimum Gasteiger partial charge on any atom is -0.459 e. The van der Waals surface area contributed by atoms with Gasteiger partial charge in [0.1, 0.15) is 17.3 Å². The molecule has 0 aromatic carbocycles. The fraction of sp³-hybridized carbons (Fsp3) is 0.800. The molecule has 1 spiro atoms. The average molecular weight is 282 g/mol. The van der Waals surface area contributed by atoms with Crippen LogP contribution in [0.1, 0.15) is 40.0 Å². The number of cyclic esters (lactones) is 1. The van der Waals surface area contributed by atoms with Crippen LogP contribution in [0.3, 0.4) is 0 Å². The van der Waals surface area contributed by atoms with Crippen LogP contribution in [0.4, 0.5) is 0 Å². The minimum atomic E-state index is -1.10. The van der Waals surface area contributed by atoms with Crippen LogP contribution in [0.25, 0.3) is 0 Å². The Balaban J connectivity index is 2.01. The SMILES string of the molecule is CC(C)COC[C@@H]1C[C@@]2(C[C@H](C)C(=O)CC2=O)C(=O)O1. The molecule has 2 rings (SSSR count). The van der Waals surface area contributed by atoms with Crippen molar-refractivity contribution in [3.8, 4) is 0 Å². The van der Waals surface area contributed by atoms with Crippen LogP contribution in [-0.4, -0.2) is 36.9 Å². The summed E-state index contributed by atoms with van der Waals surface area (Å²) in [5.41, 5.74) is -1.10. The average Bonchev–Trinajstić information content (AvgIpc) is 2.64. The fourth-order valence-electron chi connectivity index (χ4n) is 2.95. The number of hydrogen-bond acceptors (Lipinski definition) is 5. The van der Waals surface area contributed by atoms with E-state index in [0.717, 1.165) is 0 Å². The molecule has 3 atom stereocenters. The van der Waals surface area contributed by atoms with Crippen LogP contribution < -0.4 is 0 Å². The maximum absolute atomic E-state index is 12.1. The molecule has 2 fully saturated rings. The van der Waals surface area contributed by atoms with Crippen LogP contribution in [-0.2, 0) is 23.9 Å². The highest BCUT2D eigenvalue weighted by molar-refractivity contribution is 6.14. The van der Waals surface area contributed by atoms with Crippen LogP contribution >= 0.6 is 0 Å². The molecule has 1 aliphatic heterocycles. The normalized spacial score (nSPS) is 34.1. The van der Waals surface area contributed by atoms with Gasteiger partial charge in [-0.25, -0.2) is 0 Å². The second kappa shape index (κ2) is 5.64. The van der Waals surface area contributed by atoms with Crippen molar-refractivity contribution >= 4 is 17.5 Å². The highest BCUT2D eigenvalue weighted by Gasteiger charge is 2.57. The highest BCUT2D eigenvalue weighted by atomic mass is 16.6. The van der Waals surface area contributed by atoms with Crippen molar-refractivity contribution in [3.05, 3.63) is 0 Å². The number of carbonyl (C=O) groups excluding carboxylic acids is 3. The smallest absolute Gasteiger partial charge is 0.320 e. The van der Waals surface area contributed by atoms with Gasteiger partial charge in [0.25, 0.3) is 0 Å². The van der Waals surface area contributed by atoms with Gasteiger partial charge >= 0.3 is 5.97 Å². The largest absolute Gasteiger partial charge is 0.459 e. The van der Waals surface area contributed by atoms with E-state index < -0.39 is 11.4 Å². The number of rotatable bonds is 4. The molecule has 5 nitrogen and oxygen atoms in total. The topological polar surface area (TPSA) is 69.7 Å². The van der Waals surface area contributed by atoms with E-state index >= 15 is 0 Å². The molecule has 2 aliphatic rings. The summed E-state index contributed by atoms with van der Waals surface area (Å²) < 4.78 is 10.8. The van der Waals surface area contributed by atoms with Crippen LogP contribution in [0.15, 0.2) is 0 Å². The first-order valence-electron chi connectivity index (χ1n) is 7.20. The summed E-state index contributed by atoms with van der Waals surface area (Å²) in [6.45, 7) is 6.78. The summed E-state index contributed by atoms with van der Waals surface area (Å²) in [7, 11) is 0. The molecule has 1 saturated heterocycles. The van der Waals surface area contributed by atoms with Gasteiger partial charge in [0.05, 0.1) is 13.0 Å². The molecule has 0 bridgehead atoms. The monoisotopic (exact) mass is 282 g/mol. The maximum Gasteiger partial charge on any atom is 0.320 e. The van der Waals surface area contributed by atoms with Crippen molar-refractivity contribution < 1.29 is 23.9 Å². The lowest BCUT2D eigenvalue weighted by Gasteiger charge is -2.30. The van der Waals surface area contributed by atoms with Gasteiger partial charge in [-0.2, -0.15) is 0 Å². The molecule has 1 heterocycles. The molecular weight excluding hydrogens is 260 g/mol. The third-order valence-electron chi connectivity index (χ3n) is 4.07. The third-order valence-corrected chi connectivity index (χ3v) is 4.07. The zero-order valence-corrected chi connectivity index (χ0v) is 12.3. The second-order valence-corrected chi connectivity index (χ2v) is 6.42. The molecule has 5 heteroatoms. The minimum absolute atomic E-state index is 0.0760. The summed E-state index contributed by atoms with van der Waals surface area (Å²) in [6.07, 6.45) is 0.117. The predicted octanol–water partition coefficient (Wildman–Crippen LogP) is 1.53. The van der Waals surface area contributed by atoms with Crippen LogP contribution in [0.5, 0.6) is 0 Å². The van der Waals surface area contributed by atoms with Gasteiger partial charge in [-0.3, -0.25) is 14.4 Å². The van der Waals surface area contributed by atoms with Gasteiger partial charge in [-0.15, -0.1) is 0 Å². The van der Waals surface area contributed by atoms with E-state index in [4.69, 9.17) is 9.47 Å². The fourth-order valence-corrected chi connectivity index (χ4v) is 2.95. The van der Waals surface area contributed by atoms with E-state index in [1.165, 1.54) is 0 Å². The Morgan fingerprint density at radius 2 is 2.00 bits per heavy atom. The highest BCUT2D eigenvalue weighted by Crippen LogP contribution is 2.44. The van der Waals surface area contributed by atoms with E-state index in [1.807, 2.05) is 13.8 Å². The molecule has 1 saturated carbocycles. The molecule has 0 radical (unpaired) electrons. The standard InChI is InChI=1S/C15H22O5/c1-9(2)7-19-8-11-6-15(14(18)20-11)5-10(3)12(16)4-13(15)17/h9-11H,4-8H2,1-3H3/t10-,11-,15+/m0/s1. The molecular formula is C15H22O5. The Morgan fingerprint density at radius 3 is 2.65 bits per heavy atom. The van der Waals surface area contributed by atoms with Crippen molar-refractivity contribution in [1.82, 2.24) is 0 Å². The molecule has 0 aromatic rings. The Hall–Kier alpha value is -1.23. The number of carbonyl (C=O) groups is 3. The Kier molecular flexibility index (Phi) is 4.28. The van der Waals surface area contributed by atoms with E-state index in [9.17, 15) is 14.4 Å². The summed E-state index contributed by atoms with van der Waals surface area (Å²) in [4.78, 5) is 35.8. The first kappa shape index (κ1) is 15.2. The van der Waals surface area contributed by atoms with Crippen LogP contribution in [0, 0.1) is 17.3 Å². The second-order valence-electron chi connectivity index (χ2n) is 6.42. The summed E-state index contributed by atoms with van der Waals surface area (Å²) >= 11 is 0. The summed E-state index contributed by atoms with van der Waals surface area (Å²) in [6, 6.07) is 0. The van der Waals surface area contributed by atoms with E-state index in [1.54, 1.807) is 6.92 Å². The van der Waals surface area contributed by atoms with Gasteiger partial charge in [-0.1, -0.05) is 20.8 Å². The van der Waals surface area contributed by atoms with E-state index in [0.29, 0.717) is 25.6 Å². The summed E-state index contributed by atoms with van der Waals surface area (Å²) in [5.74, 6) is -0.671. The van der Waals surface area contributed by atoms with Gasteiger partial charge < -0.3 is 9.47 Å². The Labute approximate surface area is 119 Å². The number of Topliss-reactive ketones (excluding diaryl/α,β-unsaturated/α-hetero) is 2. The van der Waals surface area contributed by atoms with Gasteiger partial charge in [0, 0.05) is 18.9 Å². The van der Waals surface area contributed by atoms with Crippen molar-refractivity contribution in [1.29, 1.82) is 0 Å². The Bertz CT molecular complexity index is 428. The lowest BCUT2D eigenvalue weighted by Crippen LogP contribution is -2.44. The van der Waals surface area contributed by atoms with Crippen molar-refractivity contribution in [3.63, 3.8) is 0 Å². The van der Waals surface area contributed by atoms with Gasteiger partial charge in [0.15, 0.2) is 5.78 Å². The first-order valence-corrected chi connectivity index (χ1v) is 7.20. The zero-order chi connectivity index (χ0) is 14.9. The van der Waals surface area contributed by atoms with Gasteiger partial charge in [0.2, 0.25) is 0 Å². The molecule has 20 heavy (non-hydrogen) atoms. The zero-order valence-electron chi connectivity index (χ0n) is 12.3. The summed E-state index contributed by atoms with van der Waals surface area (Å²) in [5, 5.41) is 0. The molecule has 0 unspecified atom stereocenters. The lowest BCUT2D eigenvalue weighted by molar-refractivity contribution is -0.157. The van der Waals surface area contributed by atoms with Crippen LogP contribution in [0.2, 0.25) is 0 Å². The van der Waals surface area contributed by atoms with E-state index in [-0.39, 0.29) is 36.4 Å². The third kappa shape index (κ3) is 2.77. The number of esters is 1. The molecule has 0 amide bonds. The quantitative estimate of drug-likeness (QED) is 0.577. The lowest BCUT2D eigenvalue weighted by atomic mass is 9.67. The van der Waals surface area contributed by atoms with Crippen molar-refractivity contribution in [2.75, 3.05) is 13.2 Å². The molecule has 112 valence electrons. The molecule has 0 aromatic heterocycles. The molecule has 0 N–H and O–H groups in total. The van der Waals surface area contributed by atoms with Gasteiger partial charge in [-0.05, 0) is 12.3 Å². The number of hydrogen-bond donors (Lipinski definition) is 0. The number of ketones is 2. The number of ether oxygens (including phenoxy) is 2. The molecule has 1 aliphatic carbocycles. The van der Waals surface area contributed by atoms with Crippen molar-refractivity contribution in [2.45, 2.75) is 46.1 Å². The van der Waals surface area contributed by atoms with Crippen molar-refractivity contribution in [2.24, 2.45) is 17.3 Å². The first-order chi connectivity index (χ1) is 9.35.